The van der Waals surface area contributed by atoms with Crippen LogP contribution in [0.3, 0.4) is 0 Å². The van der Waals surface area contributed by atoms with Crippen LogP contribution in [0.2, 0.25) is 0 Å². The lowest BCUT2D eigenvalue weighted by molar-refractivity contribution is 0.831. The van der Waals surface area contributed by atoms with Crippen LogP contribution in [0.25, 0.3) is 0 Å². The predicted molar refractivity (Wildman–Crippen MR) is 83.0 cm³/mol. The Morgan fingerprint density at radius 2 is 1.89 bits per heavy atom. The average molecular weight is 322 g/mol. The summed E-state index contributed by atoms with van der Waals surface area (Å²) < 4.78 is 1.11. The SMILES string of the molecule is Cc1ccc(C(N)CSc2cccc(Br)c2)cc1. The molecule has 0 aliphatic heterocycles. The van der Waals surface area contributed by atoms with Crippen molar-refractivity contribution in [1.29, 1.82) is 0 Å². The van der Waals surface area contributed by atoms with Crippen molar-refractivity contribution in [2.24, 2.45) is 5.73 Å². The Kier molecular flexibility index (Phi) is 4.87. The first-order valence-corrected chi connectivity index (χ1v) is 7.63. The summed E-state index contributed by atoms with van der Waals surface area (Å²) in [6, 6.07) is 16.8. The second kappa shape index (κ2) is 6.41. The topological polar surface area (TPSA) is 26.0 Å². The Hall–Kier alpha value is -0.770. The Morgan fingerprint density at radius 3 is 2.56 bits per heavy atom. The van der Waals surface area contributed by atoms with Crippen molar-refractivity contribution >= 4 is 27.7 Å². The van der Waals surface area contributed by atoms with E-state index in [4.69, 9.17) is 5.73 Å². The van der Waals surface area contributed by atoms with Crippen molar-refractivity contribution in [3.63, 3.8) is 0 Å². The minimum absolute atomic E-state index is 0.0783. The van der Waals surface area contributed by atoms with Crippen molar-refractivity contribution in [2.75, 3.05) is 5.75 Å². The molecule has 1 unspecified atom stereocenters. The molecule has 2 aromatic rings. The van der Waals surface area contributed by atoms with Crippen LogP contribution in [0.5, 0.6) is 0 Å². The van der Waals surface area contributed by atoms with Crippen molar-refractivity contribution in [3.8, 4) is 0 Å². The molecule has 0 aliphatic rings. The number of nitrogens with two attached hydrogens (primary N) is 1. The van der Waals surface area contributed by atoms with Gasteiger partial charge in [0.05, 0.1) is 0 Å². The third-order valence-corrected chi connectivity index (χ3v) is 4.34. The van der Waals surface area contributed by atoms with Crippen LogP contribution in [0.1, 0.15) is 17.2 Å². The van der Waals surface area contributed by atoms with E-state index in [1.165, 1.54) is 16.0 Å². The lowest BCUT2D eigenvalue weighted by atomic mass is 10.1. The number of thioether (sulfide) groups is 1. The van der Waals surface area contributed by atoms with Crippen LogP contribution < -0.4 is 5.73 Å². The fourth-order valence-electron chi connectivity index (χ4n) is 1.65. The van der Waals surface area contributed by atoms with E-state index in [2.05, 4.69) is 59.3 Å². The zero-order valence-corrected chi connectivity index (χ0v) is 12.7. The highest BCUT2D eigenvalue weighted by Crippen LogP contribution is 2.25. The number of halogens is 1. The van der Waals surface area contributed by atoms with Gasteiger partial charge in [-0.1, -0.05) is 51.8 Å². The molecule has 2 rings (SSSR count). The first-order valence-electron chi connectivity index (χ1n) is 5.85. The van der Waals surface area contributed by atoms with Crippen LogP contribution in [0, 0.1) is 6.92 Å². The van der Waals surface area contributed by atoms with Gasteiger partial charge in [0.2, 0.25) is 0 Å². The summed E-state index contributed by atoms with van der Waals surface area (Å²) in [5.74, 6) is 0.888. The van der Waals surface area contributed by atoms with E-state index >= 15 is 0 Å². The zero-order chi connectivity index (χ0) is 13.0. The Morgan fingerprint density at radius 1 is 1.17 bits per heavy atom. The van der Waals surface area contributed by atoms with Gasteiger partial charge in [0, 0.05) is 21.2 Å². The maximum atomic E-state index is 6.20. The van der Waals surface area contributed by atoms with Gasteiger partial charge in [0.15, 0.2) is 0 Å². The molecule has 0 saturated carbocycles. The van der Waals surface area contributed by atoms with E-state index in [0.29, 0.717) is 0 Å². The monoisotopic (exact) mass is 321 g/mol. The maximum absolute atomic E-state index is 6.20. The maximum Gasteiger partial charge on any atom is 0.0390 e. The quantitative estimate of drug-likeness (QED) is 0.836. The molecule has 0 bridgehead atoms. The van der Waals surface area contributed by atoms with Gasteiger partial charge in [0.1, 0.15) is 0 Å². The normalized spacial score (nSPS) is 12.4. The second-order valence-corrected chi connectivity index (χ2v) is 6.29. The van der Waals surface area contributed by atoms with Crippen LogP contribution in [0.15, 0.2) is 57.9 Å². The highest BCUT2D eigenvalue weighted by atomic mass is 79.9. The summed E-state index contributed by atoms with van der Waals surface area (Å²) in [6.07, 6.45) is 0. The van der Waals surface area contributed by atoms with Gasteiger partial charge in [-0.2, -0.15) is 0 Å². The minimum atomic E-state index is 0.0783. The molecule has 0 fully saturated rings. The van der Waals surface area contributed by atoms with Crippen LogP contribution in [-0.4, -0.2) is 5.75 Å². The minimum Gasteiger partial charge on any atom is -0.323 e. The number of rotatable bonds is 4. The van der Waals surface area contributed by atoms with E-state index in [1.54, 1.807) is 11.8 Å². The molecule has 0 aromatic heterocycles. The predicted octanol–water partition coefficient (Wildman–Crippen LogP) is 4.55. The lowest BCUT2D eigenvalue weighted by Gasteiger charge is -2.12. The van der Waals surface area contributed by atoms with E-state index in [0.717, 1.165) is 10.2 Å². The molecule has 0 spiro atoms. The summed E-state index contributed by atoms with van der Waals surface area (Å²) in [4.78, 5) is 1.24. The molecular weight excluding hydrogens is 306 g/mol. The smallest absolute Gasteiger partial charge is 0.0390 e. The molecule has 0 saturated heterocycles. The molecule has 2 aromatic carbocycles. The van der Waals surface area contributed by atoms with Gasteiger partial charge in [0.25, 0.3) is 0 Å². The molecular formula is C15H16BrNS. The number of hydrogen-bond donors (Lipinski definition) is 1. The van der Waals surface area contributed by atoms with Gasteiger partial charge in [-0.25, -0.2) is 0 Å². The van der Waals surface area contributed by atoms with Crippen LogP contribution >= 0.6 is 27.7 Å². The molecule has 18 heavy (non-hydrogen) atoms. The van der Waals surface area contributed by atoms with Crippen molar-refractivity contribution in [2.45, 2.75) is 17.9 Å². The first kappa shape index (κ1) is 13.7. The van der Waals surface area contributed by atoms with Gasteiger partial charge in [-0.15, -0.1) is 11.8 Å². The molecule has 3 heteroatoms. The number of benzene rings is 2. The summed E-state index contributed by atoms with van der Waals surface area (Å²) in [6.45, 7) is 2.09. The molecule has 1 nitrogen and oxygen atoms in total. The summed E-state index contributed by atoms with van der Waals surface area (Å²) in [7, 11) is 0. The van der Waals surface area contributed by atoms with Crippen LogP contribution in [-0.2, 0) is 0 Å². The van der Waals surface area contributed by atoms with Crippen molar-refractivity contribution < 1.29 is 0 Å². The molecule has 0 aliphatic carbocycles. The zero-order valence-electron chi connectivity index (χ0n) is 10.3. The molecule has 94 valence electrons. The van der Waals surface area contributed by atoms with E-state index in [9.17, 15) is 0 Å². The van der Waals surface area contributed by atoms with Crippen molar-refractivity contribution in [1.82, 2.24) is 0 Å². The van der Waals surface area contributed by atoms with Crippen LogP contribution in [0.4, 0.5) is 0 Å². The lowest BCUT2D eigenvalue weighted by Crippen LogP contribution is -2.12. The van der Waals surface area contributed by atoms with Gasteiger partial charge in [-0.05, 0) is 30.7 Å². The van der Waals surface area contributed by atoms with E-state index in [-0.39, 0.29) is 6.04 Å². The highest BCUT2D eigenvalue weighted by molar-refractivity contribution is 9.10. The van der Waals surface area contributed by atoms with E-state index < -0.39 is 0 Å². The van der Waals surface area contributed by atoms with E-state index in [1.807, 2.05) is 12.1 Å². The summed E-state index contributed by atoms with van der Waals surface area (Å²) in [5.41, 5.74) is 8.66. The van der Waals surface area contributed by atoms with Gasteiger partial charge >= 0.3 is 0 Å². The summed E-state index contributed by atoms with van der Waals surface area (Å²) in [5, 5.41) is 0. The van der Waals surface area contributed by atoms with Gasteiger partial charge < -0.3 is 5.73 Å². The second-order valence-electron chi connectivity index (χ2n) is 4.29. The Labute approximate surface area is 121 Å². The first-order chi connectivity index (χ1) is 8.65. The molecule has 1 atom stereocenters. The Balaban J connectivity index is 1.96. The molecule has 0 heterocycles. The number of aryl methyl sites for hydroxylation is 1. The standard InChI is InChI=1S/C15H16BrNS/c1-11-5-7-12(8-6-11)15(17)10-18-14-4-2-3-13(16)9-14/h2-9,15H,10,17H2,1H3. The third-order valence-electron chi connectivity index (χ3n) is 2.73. The largest absolute Gasteiger partial charge is 0.323 e. The van der Waals surface area contributed by atoms with Gasteiger partial charge in [-0.3, -0.25) is 0 Å². The fraction of sp³-hybridized carbons (Fsp3) is 0.200. The van der Waals surface area contributed by atoms with Crippen molar-refractivity contribution in [3.05, 3.63) is 64.1 Å². The average Bonchev–Trinajstić information content (AvgIpc) is 2.37. The highest BCUT2D eigenvalue weighted by Gasteiger charge is 2.06. The molecule has 0 radical (unpaired) electrons. The summed E-state index contributed by atoms with van der Waals surface area (Å²) >= 11 is 5.26. The number of hydrogen-bond acceptors (Lipinski definition) is 2. The third kappa shape index (κ3) is 3.87. The molecule has 0 amide bonds. The fourth-order valence-corrected chi connectivity index (χ4v) is 3.15. The Bertz CT molecular complexity index is 510. The molecule has 2 N–H and O–H groups in total.